The van der Waals surface area contributed by atoms with Gasteiger partial charge >= 0.3 is 12.1 Å². The van der Waals surface area contributed by atoms with Crippen molar-refractivity contribution in [2.45, 2.75) is 51.0 Å². The van der Waals surface area contributed by atoms with Gasteiger partial charge in [-0.2, -0.15) is 0 Å². The van der Waals surface area contributed by atoms with Crippen molar-refractivity contribution < 1.29 is 28.6 Å². The van der Waals surface area contributed by atoms with Gasteiger partial charge in [-0.25, -0.2) is 9.59 Å². The fourth-order valence-corrected chi connectivity index (χ4v) is 5.60. The quantitative estimate of drug-likeness (QED) is 0.135. The van der Waals surface area contributed by atoms with Gasteiger partial charge in [-0.1, -0.05) is 42.5 Å². The van der Waals surface area contributed by atoms with Crippen molar-refractivity contribution >= 4 is 29.6 Å². The second-order valence-electron chi connectivity index (χ2n) is 11.0. The van der Waals surface area contributed by atoms with Crippen LogP contribution >= 0.6 is 11.8 Å². The summed E-state index contributed by atoms with van der Waals surface area (Å²) in [5.41, 5.74) is 1.55. The van der Waals surface area contributed by atoms with Crippen LogP contribution in [0.4, 0.5) is 4.79 Å². The molecule has 0 N–H and O–H groups in total. The third-order valence-electron chi connectivity index (χ3n) is 7.53. The second-order valence-corrected chi connectivity index (χ2v) is 11.9. The third kappa shape index (κ3) is 7.73. The van der Waals surface area contributed by atoms with E-state index in [0.29, 0.717) is 36.8 Å². The van der Waals surface area contributed by atoms with E-state index in [1.54, 1.807) is 49.6 Å². The Hall–Kier alpha value is -3.78. The predicted octanol–water partition coefficient (Wildman–Crippen LogP) is 7.00. The van der Waals surface area contributed by atoms with Gasteiger partial charge in [0.2, 0.25) is 0 Å². The SMILES string of the molecule is CCOC(=O)C(C)(C)Oc1ccc(CC[C@H]2CN(C(=O)Oc3ccccc3)C[C@H]2C(=O)c2ccc(SC)cc2)cc1C. The lowest BCUT2D eigenvalue weighted by atomic mass is 9.84. The fourth-order valence-electron chi connectivity index (χ4n) is 5.19. The molecule has 4 rings (SSSR count). The summed E-state index contributed by atoms with van der Waals surface area (Å²) >= 11 is 1.63. The minimum atomic E-state index is -1.11. The highest BCUT2D eigenvalue weighted by Crippen LogP contribution is 2.33. The van der Waals surface area contributed by atoms with Gasteiger partial charge in [-0.15, -0.1) is 11.8 Å². The van der Waals surface area contributed by atoms with Crippen molar-refractivity contribution in [1.82, 2.24) is 4.90 Å². The van der Waals surface area contributed by atoms with Crippen molar-refractivity contribution in [3.63, 3.8) is 0 Å². The van der Waals surface area contributed by atoms with Gasteiger partial charge in [0.05, 0.1) is 6.61 Å². The highest BCUT2D eigenvalue weighted by atomic mass is 32.2. The maximum Gasteiger partial charge on any atom is 0.415 e. The number of esters is 1. The van der Waals surface area contributed by atoms with E-state index in [1.165, 1.54) is 0 Å². The highest BCUT2D eigenvalue weighted by molar-refractivity contribution is 7.98. The second kappa shape index (κ2) is 13.9. The largest absolute Gasteiger partial charge is 0.476 e. The number of likely N-dealkylation sites (tertiary alicyclic amines) is 1. The van der Waals surface area contributed by atoms with Crippen LogP contribution in [0, 0.1) is 18.8 Å². The molecule has 0 unspecified atom stereocenters. The van der Waals surface area contributed by atoms with Crippen molar-refractivity contribution in [2.75, 3.05) is 26.0 Å². The number of hydrogen-bond donors (Lipinski definition) is 0. The lowest BCUT2D eigenvalue weighted by Gasteiger charge is -2.25. The van der Waals surface area contributed by atoms with E-state index < -0.39 is 17.7 Å². The van der Waals surface area contributed by atoms with Gasteiger partial charge < -0.3 is 19.1 Å². The number of carbonyl (C=O) groups excluding carboxylic acids is 3. The van der Waals surface area contributed by atoms with Crippen LogP contribution in [0.15, 0.2) is 77.7 Å². The van der Waals surface area contributed by atoms with Gasteiger partial charge in [-0.05, 0) is 94.2 Å². The number of benzene rings is 3. The Balaban J connectivity index is 1.47. The predicted molar refractivity (Wildman–Crippen MR) is 164 cm³/mol. The number of hydrogen-bond acceptors (Lipinski definition) is 7. The van der Waals surface area contributed by atoms with E-state index in [0.717, 1.165) is 28.9 Å². The molecule has 0 aliphatic carbocycles. The van der Waals surface area contributed by atoms with Crippen LogP contribution in [-0.4, -0.2) is 54.3 Å². The highest BCUT2D eigenvalue weighted by Gasteiger charge is 2.40. The molecule has 1 aliphatic rings. The first-order chi connectivity index (χ1) is 20.1. The molecule has 0 aromatic heterocycles. The number of nitrogens with zero attached hydrogens (tertiary/aromatic N) is 1. The molecule has 8 heteroatoms. The van der Waals surface area contributed by atoms with E-state index in [2.05, 4.69) is 0 Å². The molecule has 0 saturated carbocycles. The van der Waals surface area contributed by atoms with E-state index in [4.69, 9.17) is 14.2 Å². The topological polar surface area (TPSA) is 82.1 Å². The first-order valence-electron chi connectivity index (χ1n) is 14.3. The summed E-state index contributed by atoms with van der Waals surface area (Å²) in [5.74, 6) is 0.370. The van der Waals surface area contributed by atoms with E-state index in [9.17, 15) is 14.4 Å². The summed E-state index contributed by atoms with van der Waals surface area (Å²) in [6, 6.07) is 22.5. The molecule has 222 valence electrons. The minimum absolute atomic E-state index is 0.0277. The number of rotatable bonds is 11. The number of para-hydroxylation sites is 1. The van der Waals surface area contributed by atoms with E-state index >= 15 is 0 Å². The summed E-state index contributed by atoms with van der Waals surface area (Å²) in [6.45, 7) is 8.15. The average molecular weight is 590 g/mol. The monoisotopic (exact) mass is 589 g/mol. The van der Waals surface area contributed by atoms with Gasteiger partial charge in [0.1, 0.15) is 11.5 Å². The molecule has 3 aromatic rings. The standard InChI is InChI=1S/C34H39NO6S/c1-6-39-32(37)34(3,4)41-30-19-13-24(20-23(30)2)12-14-26-21-35(33(38)40-27-10-8-7-9-11-27)22-29(26)31(36)25-15-17-28(42-5)18-16-25/h7-11,13,15-20,26,29H,6,12,14,21-22H2,1-5H3/t26-,29+/m0/s1. The first-order valence-corrected chi connectivity index (χ1v) is 15.5. The zero-order chi connectivity index (χ0) is 30.3. The number of amides is 1. The molecule has 42 heavy (non-hydrogen) atoms. The Kier molecular flexibility index (Phi) is 10.3. The Morgan fingerprint density at radius 3 is 2.33 bits per heavy atom. The van der Waals surface area contributed by atoms with E-state index in [-0.39, 0.29) is 17.6 Å². The smallest absolute Gasteiger partial charge is 0.415 e. The number of thioether (sulfide) groups is 1. The zero-order valence-corrected chi connectivity index (χ0v) is 25.7. The maximum atomic E-state index is 13.7. The van der Waals surface area contributed by atoms with Crippen LogP contribution in [0.1, 0.15) is 48.7 Å². The number of carbonyl (C=O) groups is 3. The molecule has 0 radical (unpaired) electrons. The maximum absolute atomic E-state index is 13.7. The number of Topliss-reactive ketones (excluding diaryl/α,β-unsaturated/α-hetero) is 1. The fraction of sp³-hybridized carbons (Fsp3) is 0.382. The molecular weight excluding hydrogens is 550 g/mol. The summed E-state index contributed by atoms with van der Waals surface area (Å²) in [6.07, 6.45) is 3.01. The van der Waals surface area contributed by atoms with Crippen LogP contribution in [0.25, 0.3) is 0 Å². The molecule has 2 atom stereocenters. The van der Waals surface area contributed by atoms with Gasteiger partial charge in [-0.3, -0.25) is 4.79 Å². The molecule has 1 fully saturated rings. The van der Waals surface area contributed by atoms with Crippen molar-refractivity contribution in [3.05, 3.63) is 89.5 Å². The summed E-state index contributed by atoms with van der Waals surface area (Å²) < 4.78 is 16.7. The Morgan fingerprint density at radius 2 is 1.69 bits per heavy atom. The Bertz CT molecular complexity index is 1390. The Morgan fingerprint density at radius 1 is 0.976 bits per heavy atom. The number of ether oxygens (including phenoxy) is 3. The molecule has 1 saturated heterocycles. The van der Waals surface area contributed by atoms with Crippen LogP contribution in [0.3, 0.4) is 0 Å². The van der Waals surface area contributed by atoms with Crippen LogP contribution in [0.5, 0.6) is 11.5 Å². The molecular formula is C34H39NO6S. The van der Waals surface area contributed by atoms with Crippen molar-refractivity contribution in [2.24, 2.45) is 11.8 Å². The van der Waals surface area contributed by atoms with Gasteiger partial charge in [0, 0.05) is 29.5 Å². The minimum Gasteiger partial charge on any atom is -0.476 e. The van der Waals surface area contributed by atoms with Crippen LogP contribution in [-0.2, 0) is 16.0 Å². The summed E-state index contributed by atoms with van der Waals surface area (Å²) in [5, 5.41) is 0. The van der Waals surface area contributed by atoms with Crippen LogP contribution in [0.2, 0.25) is 0 Å². The van der Waals surface area contributed by atoms with Crippen molar-refractivity contribution in [3.8, 4) is 11.5 Å². The molecule has 3 aromatic carbocycles. The molecule has 1 aliphatic heterocycles. The lowest BCUT2D eigenvalue weighted by molar-refractivity contribution is -0.158. The number of aryl methyl sites for hydroxylation is 2. The summed E-state index contributed by atoms with van der Waals surface area (Å²) in [7, 11) is 0. The van der Waals surface area contributed by atoms with Crippen LogP contribution < -0.4 is 9.47 Å². The van der Waals surface area contributed by atoms with Crippen molar-refractivity contribution in [1.29, 1.82) is 0 Å². The third-order valence-corrected chi connectivity index (χ3v) is 8.28. The normalized spacial score (nSPS) is 16.6. The number of ketones is 1. The van der Waals surface area contributed by atoms with E-state index in [1.807, 2.05) is 73.8 Å². The first kappa shape index (κ1) is 31.2. The van der Waals surface area contributed by atoms with Gasteiger partial charge in [0.15, 0.2) is 11.4 Å². The molecule has 7 nitrogen and oxygen atoms in total. The average Bonchev–Trinajstić information content (AvgIpc) is 3.42. The molecule has 1 amide bonds. The lowest BCUT2D eigenvalue weighted by Crippen LogP contribution is -2.39. The molecule has 0 spiro atoms. The molecule has 0 bridgehead atoms. The molecule has 1 heterocycles. The summed E-state index contributed by atoms with van der Waals surface area (Å²) in [4.78, 5) is 41.8. The zero-order valence-electron chi connectivity index (χ0n) is 24.9. The van der Waals surface area contributed by atoms with Gasteiger partial charge in [0.25, 0.3) is 0 Å². The Labute approximate surface area is 252 Å².